The van der Waals surface area contributed by atoms with Crippen LogP contribution in [0.1, 0.15) is 11.1 Å². The van der Waals surface area contributed by atoms with Crippen molar-refractivity contribution in [2.24, 2.45) is 0 Å². The number of carbonyl (C=O) groups is 1. The average Bonchev–Trinajstić information content (AvgIpc) is 3.42. The van der Waals surface area contributed by atoms with Crippen molar-refractivity contribution in [2.75, 3.05) is 12.8 Å². The van der Waals surface area contributed by atoms with E-state index >= 15 is 0 Å². The Labute approximate surface area is 184 Å². The van der Waals surface area contributed by atoms with Crippen LogP contribution in [0.3, 0.4) is 0 Å². The lowest BCUT2D eigenvalue weighted by atomic mass is 10.2. The minimum atomic E-state index is -0.314. The first-order valence-electron chi connectivity index (χ1n) is 9.80. The Balaban J connectivity index is 1.32. The summed E-state index contributed by atoms with van der Waals surface area (Å²) in [6.45, 7) is 1.17. The van der Waals surface area contributed by atoms with Gasteiger partial charge in [0.1, 0.15) is 5.82 Å². The van der Waals surface area contributed by atoms with Gasteiger partial charge in [0.15, 0.2) is 5.16 Å². The van der Waals surface area contributed by atoms with Crippen LogP contribution in [0, 0.1) is 5.82 Å². The molecule has 1 amide bonds. The Morgan fingerprint density at radius 1 is 1.13 bits per heavy atom. The van der Waals surface area contributed by atoms with Gasteiger partial charge in [-0.05, 0) is 23.8 Å². The van der Waals surface area contributed by atoms with E-state index in [1.807, 2.05) is 29.1 Å². The lowest BCUT2D eigenvalue weighted by Gasteiger charge is -2.16. The fourth-order valence-electron chi connectivity index (χ4n) is 3.16. The molecule has 0 bridgehead atoms. The Morgan fingerprint density at radius 3 is 2.77 bits per heavy atom. The Morgan fingerprint density at radius 2 is 1.97 bits per heavy atom. The first kappa shape index (κ1) is 20.9. The third kappa shape index (κ3) is 5.40. The van der Waals surface area contributed by atoms with Crippen LogP contribution in [-0.4, -0.2) is 42.9 Å². The molecule has 0 N–H and O–H groups in total. The molecule has 31 heavy (non-hydrogen) atoms. The summed E-state index contributed by atoms with van der Waals surface area (Å²) in [5, 5.41) is 5.03. The van der Waals surface area contributed by atoms with Crippen LogP contribution in [0.15, 0.2) is 84.5 Å². The predicted octanol–water partition coefficient (Wildman–Crippen LogP) is 4.01. The number of hydrogen-bond acceptors (Lipinski definition) is 4. The van der Waals surface area contributed by atoms with Gasteiger partial charge in [-0.2, -0.15) is 5.10 Å². The van der Waals surface area contributed by atoms with Crippen LogP contribution in [0.5, 0.6) is 0 Å². The van der Waals surface area contributed by atoms with E-state index in [0.717, 1.165) is 5.56 Å². The maximum atomic E-state index is 13.5. The summed E-state index contributed by atoms with van der Waals surface area (Å²) >= 11 is 1.33. The molecular formula is C23H22FN5OS. The lowest BCUT2D eigenvalue weighted by molar-refractivity contribution is -0.127. The largest absolute Gasteiger partial charge is 0.341 e. The predicted molar refractivity (Wildman–Crippen MR) is 118 cm³/mol. The van der Waals surface area contributed by atoms with Gasteiger partial charge in [0.2, 0.25) is 5.91 Å². The molecule has 2 aromatic carbocycles. The third-order valence-corrected chi connectivity index (χ3v) is 5.69. The van der Waals surface area contributed by atoms with Gasteiger partial charge in [0.05, 0.1) is 24.2 Å². The molecule has 8 heteroatoms. The maximum Gasteiger partial charge on any atom is 0.233 e. The maximum absolute atomic E-state index is 13.5. The van der Waals surface area contributed by atoms with E-state index in [2.05, 4.69) is 22.2 Å². The van der Waals surface area contributed by atoms with Crippen LogP contribution in [0.2, 0.25) is 0 Å². The minimum Gasteiger partial charge on any atom is -0.341 e. The van der Waals surface area contributed by atoms with Gasteiger partial charge in [-0.15, -0.1) is 0 Å². The second kappa shape index (κ2) is 9.61. The molecule has 0 spiro atoms. The van der Waals surface area contributed by atoms with E-state index < -0.39 is 0 Å². The van der Waals surface area contributed by atoms with Crippen molar-refractivity contribution < 1.29 is 9.18 Å². The number of thioether (sulfide) groups is 1. The molecule has 0 aliphatic heterocycles. The van der Waals surface area contributed by atoms with Crippen LogP contribution < -0.4 is 0 Å². The van der Waals surface area contributed by atoms with E-state index in [1.165, 1.54) is 29.5 Å². The van der Waals surface area contributed by atoms with Gasteiger partial charge in [-0.1, -0.05) is 48.2 Å². The molecule has 6 nitrogen and oxygen atoms in total. The summed E-state index contributed by atoms with van der Waals surface area (Å²) < 4.78 is 17.2. The summed E-state index contributed by atoms with van der Waals surface area (Å²) in [7, 11) is 1.77. The number of amides is 1. The van der Waals surface area contributed by atoms with E-state index in [-0.39, 0.29) is 17.5 Å². The van der Waals surface area contributed by atoms with Crippen molar-refractivity contribution in [1.29, 1.82) is 0 Å². The summed E-state index contributed by atoms with van der Waals surface area (Å²) in [6, 6.07) is 16.4. The first-order chi connectivity index (χ1) is 15.1. The quantitative estimate of drug-likeness (QED) is 0.393. The number of carbonyl (C=O) groups excluding carboxylic acids is 1. The van der Waals surface area contributed by atoms with E-state index in [4.69, 9.17) is 0 Å². The Kier molecular flexibility index (Phi) is 6.47. The van der Waals surface area contributed by atoms with Crippen LogP contribution in [0.25, 0.3) is 5.69 Å². The summed E-state index contributed by atoms with van der Waals surface area (Å²) in [5.41, 5.74) is 2.82. The highest BCUT2D eigenvalue weighted by atomic mass is 32.2. The normalized spacial score (nSPS) is 10.9. The molecule has 0 fully saturated rings. The smallest absolute Gasteiger partial charge is 0.233 e. The van der Waals surface area contributed by atoms with Crippen molar-refractivity contribution in [3.63, 3.8) is 0 Å². The Hall–Kier alpha value is -3.39. The molecule has 158 valence electrons. The van der Waals surface area contributed by atoms with Crippen molar-refractivity contribution in [2.45, 2.75) is 18.2 Å². The average molecular weight is 436 g/mol. The number of nitrogens with zero attached hydrogens (tertiary/aromatic N) is 5. The van der Waals surface area contributed by atoms with Gasteiger partial charge >= 0.3 is 0 Å². The van der Waals surface area contributed by atoms with Gasteiger partial charge in [0, 0.05) is 37.7 Å². The Bertz CT molecular complexity index is 1160. The molecule has 0 atom stereocenters. The molecule has 4 aromatic rings. The van der Waals surface area contributed by atoms with Gasteiger partial charge in [0.25, 0.3) is 0 Å². The zero-order valence-corrected chi connectivity index (χ0v) is 17.9. The summed E-state index contributed by atoms with van der Waals surface area (Å²) in [4.78, 5) is 18.6. The van der Waals surface area contributed by atoms with Gasteiger partial charge in [-0.3, -0.25) is 14.0 Å². The summed E-state index contributed by atoms with van der Waals surface area (Å²) in [5.74, 6) is -0.0959. The topological polar surface area (TPSA) is 56.0 Å². The molecule has 0 aliphatic carbocycles. The number of benzene rings is 2. The van der Waals surface area contributed by atoms with E-state index in [1.54, 1.807) is 47.2 Å². The fourth-order valence-corrected chi connectivity index (χ4v) is 4.08. The monoisotopic (exact) mass is 435 g/mol. The van der Waals surface area contributed by atoms with E-state index in [9.17, 15) is 9.18 Å². The van der Waals surface area contributed by atoms with E-state index in [0.29, 0.717) is 23.9 Å². The number of imidazole rings is 1. The molecule has 0 saturated heterocycles. The highest BCUT2D eigenvalue weighted by molar-refractivity contribution is 7.99. The van der Waals surface area contributed by atoms with Crippen LogP contribution in [-0.2, 0) is 17.9 Å². The van der Waals surface area contributed by atoms with Crippen LogP contribution in [0.4, 0.5) is 4.39 Å². The van der Waals surface area contributed by atoms with Crippen molar-refractivity contribution in [3.8, 4) is 5.69 Å². The second-order valence-corrected chi connectivity index (χ2v) is 8.07. The molecule has 2 heterocycles. The standard InChI is InChI=1S/C23H22FN5OS/c1-27(14-19-13-26-28(16-19)15-18-6-3-2-4-7-18)22(30)17-31-23-25-10-11-29(23)21-9-5-8-20(24)12-21/h2-13,16H,14-15,17H2,1H3. The van der Waals surface area contributed by atoms with Gasteiger partial charge in [-0.25, -0.2) is 9.37 Å². The van der Waals surface area contributed by atoms with Crippen molar-refractivity contribution >= 4 is 17.7 Å². The molecule has 0 aliphatic rings. The minimum absolute atomic E-state index is 0.0189. The highest BCUT2D eigenvalue weighted by Gasteiger charge is 2.14. The highest BCUT2D eigenvalue weighted by Crippen LogP contribution is 2.21. The summed E-state index contributed by atoms with van der Waals surface area (Å²) in [6.07, 6.45) is 7.14. The van der Waals surface area contributed by atoms with Crippen molar-refractivity contribution in [1.82, 2.24) is 24.2 Å². The number of hydrogen-bond donors (Lipinski definition) is 0. The molecule has 0 unspecified atom stereocenters. The fraction of sp³-hybridized carbons (Fsp3) is 0.174. The zero-order valence-electron chi connectivity index (χ0n) is 17.1. The SMILES string of the molecule is CN(Cc1cnn(Cc2ccccc2)c1)C(=O)CSc1nccn1-c1cccc(F)c1. The first-order valence-corrected chi connectivity index (χ1v) is 10.8. The molecule has 0 radical (unpaired) electrons. The third-order valence-electron chi connectivity index (χ3n) is 4.74. The van der Waals surface area contributed by atoms with Gasteiger partial charge < -0.3 is 4.90 Å². The molecule has 4 rings (SSSR count). The second-order valence-electron chi connectivity index (χ2n) is 7.13. The number of aromatic nitrogens is 4. The number of rotatable bonds is 8. The lowest BCUT2D eigenvalue weighted by Crippen LogP contribution is -2.27. The molecule has 0 saturated carbocycles. The van der Waals surface area contributed by atoms with Crippen molar-refractivity contribution in [3.05, 3.63) is 96.3 Å². The van der Waals surface area contributed by atoms with Crippen LogP contribution >= 0.6 is 11.8 Å². The molecule has 2 aromatic heterocycles. The molecular weight excluding hydrogens is 413 g/mol. The zero-order chi connectivity index (χ0) is 21.6. The number of halogens is 1.